The average molecular weight is 256 g/mol. The first-order valence-corrected chi connectivity index (χ1v) is 7.09. The third-order valence-electron chi connectivity index (χ3n) is 1.99. The zero-order valence-corrected chi connectivity index (χ0v) is 10.5. The van der Waals surface area contributed by atoms with E-state index in [1.165, 1.54) is 6.08 Å². The molecule has 0 spiro atoms. The van der Waals surface area contributed by atoms with Gasteiger partial charge in [-0.1, -0.05) is 36.4 Å². The summed E-state index contributed by atoms with van der Waals surface area (Å²) in [6.45, 7) is 4.25. The molecule has 0 amide bonds. The van der Waals surface area contributed by atoms with Crippen molar-refractivity contribution in [3.05, 3.63) is 48.6 Å². The normalized spacial score (nSPS) is 14.2. The van der Waals surface area contributed by atoms with Crippen LogP contribution in [-0.2, 0) is 20.4 Å². The molecule has 5 heteroatoms. The van der Waals surface area contributed by atoms with E-state index in [-0.39, 0.29) is 19.4 Å². The fourth-order valence-electron chi connectivity index (χ4n) is 1.22. The van der Waals surface area contributed by atoms with E-state index in [0.717, 1.165) is 5.56 Å². The molecule has 1 aromatic rings. The topological polar surface area (TPSA) is 55.8 Å². The zero-order chi connectivity index (χ0) is 12.6. The third kappa shape index (κ3) is 6.39. The van der Waals surface area contributed by atoms with Gasteiger partial charge in [-0.05, 0) is 5.56 Å². The Hall–Kier alpha value is -0.930. The minimum Gasteiger partial charge on any atom is -0.374 e. The van der Waals surface area contributed by atoms with Crippen LogP contribution < -0.4 is 0 Å². The third-order valence-corrected chi connectivity index (χ3v) is 3.30. The smallest absolute Gasteiger partial charge is 0.331 e. The molecule has 0 aromatic heterocycles. The second-order valence-electron chi connectivity index (χ2n) is 3.48. The summed E-state index contributed by atoms with van der Waals surface area (Å²) in [5.41, 5.74) is 1.06. The van der Waals surface area contributed by atoms with Crippen molar-refractivity contribution in [2.45, 2.75) is 6.61 Å². The number of ether oxygens (including phenoxy) is 1. The largest absolute Gasteiger partial charge is 0.374 e. The van der Waals surface area contributed by atoms with E-state index < -0.39 is 7.60 Å². The van der Waals surface area contributed by atoms with Crippen LogP contribution in [0.3, 0.4) is 0 Å². The molecule has 1 unspecified atom stereocenters. The number of benzene rings is 1. The summed E-state index contributed by atoms with van der Waals surface area (Å²) in [4.78, 5) is 9.24. The Bertz CT molecular complexity index is 377. The van der Waals surface area contributed by atoms with Gasteiger partial charge in [-0.15, -0.1) is 6.58 Å². The minimum atomic E-state index is -3.50. The standard InChI is InChI=1S/C12H17O4P/c1-2-10-17(13,14)16-9-8-15-11-12-6-4-3-5-7-12/h2-7H,1,8-11H2,(H,13,14). The van der Waals surface area contributed by atoms with Crippen molar-refractivity contribution in [2.24, 2.45) is 0 Å². The van der Waals surface area contributed by atoms with Gasteiger partial charge in [0.05, 0.1) is 26.0 Å². The van der Waals surface area contributed by atoms with Crippen LogP contribution in [0.5, 0.6) is 0 Å². The molecule has 0 bridgehead atoms. The Kier molecular flexibility index (Phi) is 6.16. The first-order valence-electron chi connectivity index (χ1n) is 5.33. The van der Waals surface area contributed by atoms with Crippen LogP contribution in [0, 0.1) is 0 Å². The van der Waals surface area contributed by atoms with Crippen molar-refractivity contribution in [1.82, 2.24) is 0 Å². The maximum Gasteiger partial charge on any atom is 0.331 e. The SMILES string of the molecule is C=CCP(=O)(O)OCCOCc1ccccc1. The molecule has 1 rings (SSSR count). The molecule has 0 saturated carbocycles. The molecule has 0 heterocycles. The lowest BCUT2D eigenvalue weighted by Gasteiger charge is -2.10. The summed E-state index contributed by atoms with van der Waals surface area (Å²) in [6, 6.07) is 9.71. The van der Waals surface area contributed by atoms with Gasteiger partial charge in [-0.2, -0.15) is 0 Å². The molecule has 17 heavy (non-hydrogen) atoms. The van der Waals surface area contributed by atoms with Gasteiger partial charge in [-0.25, -0.2) is 0 Å². The molecule has 1 aromatic carbocycles. The molecule has 0 radical (unpaired) electrons. The van der Waals surface area contributed by atoms with Gasteiger partial charge in [-0.3, -0.25) is 4.57 Å². The fraction of sp³-hybridized carbons (Fsp3) is 0.333. The molecule has 4 nitrogen and oxygen atoms in total. The van der Waals surface area contributed by atoms with E-state index in [1.807, 2.05) is 30.3 Å². The van der Waals surface area contributed by atoms with Crippen LogP contribution in [0.25, 0.3) is 0 Å². The van der Waals surface area contributed by atoms with Crippen molar-refractivity contribution in [3.8, 4) is 0 Å². The molecule has 1 N–H and O–H groups in total. The summed E-state index contributed by atoms with van der Waals surface area (Å²) in [6.07, 6.45) is 1.33. The van der Waals surface area contributed by atoms with Crippen molar-refractivity contribution in [1.29, 1.82) is 0 Å². The van der Waals surface area contributed by atoms with Crippen molar-refractivity contribution in [3.63, 3.8) is 0 Å². The highest BCUT2D eigenvalue weighted by molar-refractivity contribution is 7.53. The molecule has 0 aliphatic rings. The quantitative estimate of drug-likeness (QED) is 0.441. The monoisotopic (exact) mass is 256 g/mol. The summed E-state index contributed by atoms with van der Waals surface area (Å²) in [5.74, 6) is 0. The van der Waals surface area contributed by atoms with Crippen LogP contribution in [0.1, 0.15) is 5.56 Å². The Morgan fingerprint density at radius 1 is 1.29 bits per heavy atom. The molecule has 1 atom stereocenters. The molecule has 0 fully saturated rings. The maximum absolute atomic E-state index is 11.3. The number of rotatable bonds is 8. The fourth-order valence-corrected chi connectivity index (χ4v) is 2.01. The lowest BCUT2D eigenvalue weighted by Crippen LogP contribution is -2.04. The highest BCUT2D eigenvalue weighted by Gasteiger charge is 2.15. The van der Waals surface area contributed by atoms with Crippen LogP contribution >= 0.6 is 7.60 Å². The maximum atomic E-state index is 11.3. The lowest BCUT2D eigenvalue weighted by molar-refractivity contribution is 0.0850. The van der Waals surface area contributed by atoms with Crippen molar-refractivity contribution in [2.75, 3.05) is 19.4 Å². The Morgan fingerprint density at radius 2 is 2.00 bits per heavy atom. The molecule has 94 valence electrons. The highest BCUT2D eigenvalue weighted by atomic mass is 31.2. The van der Waals surface area contributed by atoms with Gasteiger partial charge >= 0.3 is 7.60 Å². The van der Waals surface area contributed by atoms with Gasteiger partial charge in [0.25, 0.3) is 0 Å². The van der Waals surface area contributed by atoms with Gasteiger partial charge in [0.1, 0.15) is 0 Å². The average Bonchev–Trinajstić information content (AvgIpc) is 2.30. The molecule has 0 aliphatic heterocycles. The second kappa shape index (κ2) is 7.41. The van der Waals surface area contributed by atoms with Crippen LogP contribution in [-0.4, -0.2) is 24.3 Å². The Morgan fingerprint density at radius 3 is 2.65 bits per heavy atom. The van der Waals surface area contributed by atoms with Gasteiger partial charge in [0.15, 0.2) is 0 Å². The van der Waals surface area contributed by atoms with Crippen LogP contribution in [0.2, 0.25) is 0 Å². The highest BCUT2D eigenvalue weighted by Crippen LogP contribution is 2.41. The zero-order valence-electron chi connectivity index (χ0n) is 9.62. The summed E-state index contributed by atoms with van der Waals surface area (Å²) < 4.78 is 21.4. The van der Waals surface area contributed by atoms with Crippen molar-refractivity contribution < 1.29 is 18.7 Å². The second-order valence-corrected chi connectivity index (χ2v) is 5.38. The van der Waals surface area contributed by atoms with E-state index in [1.54, 1.807) is 0 Å². The first kappa shape index (κ1) is 14.1. The van der Waals surface area contributed by atoms with E-state index in [4.69, 9.17) is 9.26 Å². The van der Waals surface area contributed by atoms with Gasteiger partial charge < -0.3 is 14.2 Å². The van der Waals surface area contributed by atoms with Gasteiger partial charge in [0.2, 0.25) is 0 Å². The Balaban J connectivity index is 2.13. The summed E-state index contributed by atoms with van der Waals surface area (Å²) >= 11 is 0. The van der Waals surface area contributed by atoms with E-state index in [9.17, 15) is 9.46 Å². The molecular weight excluding hydrogens is 239 g/mol. The van der Waals surface area contributed by atoms with Crippen LogP contribution in [0.15, 0.2) is 43.0 Å². The number of hydrogen-bond acceptors (Lipinski definition) is 3. The first-order chi connectivity index (χ1) is 8.14. The van der Waals surface area contributed by atoms with Crippen LogP contribution in [0.4, 0.5) is 0 Å². The van der Waals surface area contributed by atoms with E-state index in [2.05, 4.69) is 6.58 Å². The van der Waals surface area contributed by atoms with E-state index >= 15 is 0 Å². The minimum absolute atomic E-state index is 0.0360. The lowest BCUT2D eigenvalue weighted by atomic mass is 10.2. The molecule has 0 aliphatic carbocycles. The summed E-state index contributed by atoms with van der Waals surface area (Å²) in [7, 11) is -3.50. The number of allylic oxidation sites excluding steroid dienone is 1. The Labute approximate surface area is 101 Å². The predicted molar refractivity (Wildman–Crippen MR) is 66.9 cm³/mol. The molecular formula is C12H17O4P. The predicted octanol–water partition coefficient (Wildman–Crippen LogP) is 2.59. The van der Waals surface area contributed by atoms with E-state index in [0.29, 0.717) is 6.61 Å². The van der Waals surface area contributed by atoms with Crippen molar-refractivity contribution >= 4 is 7.60 Å². The number of hydrogen-bond donors (Lipinski definition) is 1. The van der Waals surface area contributed by atoms with Gasteiger partial charge in [0, 0.05) is 0 Å². The summed E-state index contributed by atoms with van der Waals surface area (Å²) in [5, 5.41) is 0. The molecule has 0 saturated heterocycles.